The molecule has 0 fully saturated rings. The van der Waals surface area contributed by atoms with Crippen molar-refractivity contribution in [2.75, 3.05) is 12.5 Å². The lowest BCUT2D eigenvalue weighted by Crippen LogP contribution is -1.97. The molecular formula is C15H22S2. The van der Waals surface area contributed by atoms with Gasteiger partial charge >= 0.3 is 0 Å². The second-order valence-corrected chi connectivity index (χ2v) is 12.1. The lowest BCUT2D eigenvalue weighted by Gasteiger charge is -2.27. The Bertz CT molecular complexity index is 484. The quantitative estimate of drug-likeness (QED) is 0.616. The fourth-order valence-corrected chi connectivity index (χ4v) is 7.59. The van der Waals surface area contributed by atoms with Crippen molar-refractivity contribution in [1.29, 1.82) is 0 Å². The zero-order valence-electron chi connectivity index (χ0n) is 11.6. The molecular weight excluding hydrogens is 244 g/mol. The maximum Gasteiger partial charge on any atom is 0.0608 e. The van der Waals surface area contributed by atoms with Gasteiger partial charge in [-0.2, -0.15) is 9.06 Å². The molecule has 0 saturated carbocycles. The molecule has 1 aromatic rings. The highest BCUT2D eigenvalue weighted by Crippen LogP contribution is 2.73. The lowest BCUT2D eigenvalue weighted by molar-refractivity contribution is 1.07. The second kappa shape index (κ2) is 4.40. The maximum atomic E-state index is 2.42. The van der Waals surface area contributed by atoms with Crippen LogP contribution in [0.15, 0.2) is 28.7 Å². The first-order chi connectivity index (χ1) is 7.84. The normalized spacial score (nSPS) is 25.2. The molecule has 1 aliphatic heterocycles. The Labute approximate surface area is 111 Å². The van der Waals surface area contributed by atoms with Crippen molar-refractivity contribution in [2.24, 2.45) is 0 Å². The van der Waals surface area contributed by atoms with E-state index in [1.165, 1.54) is 16.7 Å². The van der Waals surface area contributed by atoms with Gasteiger partial charge in [0, 0.05) is 0 Å². The van der Waals surface area contributed by atoms with Crippen LogP contribution in [0, 0.1) is 13.8 Å². The number of benzene rings is 1. The van der Waals surface area contributed by atoms with Gasteiger partial charge in [-0.15, -0.1) is 0 Å². The van der Waals surface area contributed by atoms with E-state index in [9.17, 15) is 0 Å². The van der Waals surface area contributed by atoms with Crippen LogP contribution in [0.5, 0.6) is 0 Å². The van der Waals surface area contributed by atoms with Crippen molar-refractivity contribution in [2.45, 2.75) is 32.9 Å². The SMILES string of the molecule is CC1=C(C)S(C)(C)SC1c1cccc(C)c1C. The van der Waals surface area contributed by atoms with Crippen molar-refractivity contribution in [3.63, 3.8) is 0 Å². The number of aryl methyl sites for hydroxylation is 1. The Hall–Kier alpha value is -0.340. The third-order valence-corrected chi connectivity index (χ3v) is 9.80. The third-order valence-electron chi connectivity index (χ3n) is 3.95. The minimum absolute atomic E-state index is 0.583. The molecule has 0 radical (unpaired) electrons. The molecule has 94 valence electrons. The molecule has 0 aromatic heterocycles. The van der Waals surface area contributed by atoms with Crippen LogP contribution in [0.3, 0.4) is 0 Å². The Morgan fingerprint density at radius 1 is 1.06 bits per heavy atom. The summed E-state index contributed by atoms with van der Waals surface area (Å²) in [5.41, 5.74) is 5.98. The van der Waals surface area contributed by atoms with Gasteiger partial charge in [-0.3, -0.25) is 0 Å². The van der Waals surface area contributed by atoms with Crippen LogP contribution in [-0.4, -0.2) is 12.5 Å². The molecule has 1 aliphatic rings. The van der Waals surface area contributed by atoms with Gasteiger partial charge in [-0.05, 0) is 67.4 Å². The fourth-order valence-electron chi connectivity index (χ4n) is 2.30. The minimum Gasteiger partial charge on any atom is -0.175 e. The van der Waals surface area contributed by atoms with Gasteiger partial charge in [0.1, 0.15) is 0 Å². The number of hydrogen-bond donors (Lipinski definition) is 0. The van der Waals surface area contributed by atoms with Gasteiger partial charge in [-0.25, -0.2) is 0 Å². The Morgan fingerprint density at radius 3 is 2.24 bits per heavy atom. The predicted molar refractivity (Wildman–Crippen MR) is 84.1 cm³/mol. The third kappa shape index (κ3) is 2.17. The molecule has 1 heterocycles. The smallest absolute Gasteiger partial charge is 0.0608 e. The lowest BCUT2D eigenvalue weighted by atomic mass is 9.97. The average molecular weight is 266 g/mol. The zero-order chi connectivity index (χ0) is 12.8. The van der Waals surface area contributed by atoms with Crippen molar-refractivity contribution in [1.82, 2.24) is 0 Å². The molecule has 2 heteroatoms. The predicted octanol–water partition coefficient (Wildman–Crippen LogP) is 5.36. The van der Waals surface area contributed by atoms with E-state index in [1.807, 2.05) is 0 Å². The van der Waals surface area contributed by atoms with E-state index in [2.05, 4.69) is 69.2 Å². The van der Waals surface area contributed by atoms with Crippen LogP contribution in [0.4, 0.5) is 0 Å². The van der Waals surface area contributed by atoms with Crippen LogP contribution < -0.4 is 0 Å². The van der Waals surface area contributed by atoms with Crippen molar-refractivity contribution < 1.29 is 0 Å². The summed E-state index contributed by atoms with van der Waals surface area (Å²) in [6, 6.07) is 6.71. The number of rotatable bonds is 1. The summed E-state index contributed by atoms with van der Waals surface area (Å²) in [5, 5.41) is 0.583. The van der Waals surface area contributed by atoms with E-state index in [0.717, 1.165) is 0 Å². The molecule has 1 unspecified atom stereocenters. The van der Waals surface area contributed by atoms with Crippen LogP contribution in [0.1, 0.15) is 35.8 Å². The molecule has 1 atom stereocenters. The van der Waals surface area contributed by atoms with E-state index in [4.69, 9.17) is 0 Å². The van der Waals surface area contributed by atoms with Gasteiger partial charge in [0.2, 0.25) is 0 Å². The molecule has 2 rings (SSSR count). The van der Waals surface area contributed by atoms with Gasteiger partial charge in [-0.1, -0.05) is 29.0 Å². The molecule has 0 aliphatic carbocycles. The zero-order valence-corrected chi connectivity index (χ0v) is 13.3. The van der Waals surface area contributed by atoms with Crippen LogP contribution in [0.25, 0.3) is 0 Å². The van der Waals surface area contributed by atoms with Gasteiger partial charge < -0.3 is 0 Å². The van der Waals surface area contributed by atoms with E-state index >= 15 is 0 Å². The second-order valence-electron chi connectivity index (χ2n) is 5.24. The Morgan fingerprint density at radius 2 is 1.71 bits per heavy atom. The fraction of sp³-hybridized carbons (Fsp3) is 0.467. The summed E-state index contributed by atoms with van der Waals surface area (Å²) in [5.74, 6) is 0. The summed E-state index contributed by atoms with van der Waals surface area (Å²) < 4.78 is 0. The first-order valence-electron chi connectivity index (χ1n) is 5.99. The molecule has 17 heavy (non-hydrogen) atoms. The molecule has 0 amide bonds. The molecule has 0 N–H and O–H groups in total. The Balaban J connectivity index is 2.48. The van der Waals surface area contributed by atoms with E-state index in [-0.39, 0.29) is 0 Å². The Kier molecular flexibility index (Phi) is 3.39. The first kappa shape index (κ1) is 13.1. The first-order valence-corrected chi connectivity index (χ1v) is 9.84. The summed E-state index contributed by atoms with van der Waals surface area (Å²) in [6.45, 7) is 9.11. The highest BCUT2D eigenvalue weighted by atomic mass is 33.2. The topological polar surface area (TPSA) is 0 Å². The van der Waals surface area contributed by atoms with E-state index in [1.54, 1.807) is 10.5 Å². The summed E-state index contributed by atoms with van der Waals surface area (Å²) in [7, 11) is 1.56. The van der Waals surface area contributed by atoms with Gasteiger partial charge in [0.05, 0.1) is 5.25 Å². The van der Waals surface area contributed by atoms with E-state index in [0.29, 0.717) is 5.25 Å². The largest absolute Gasteiger partial charge is 0.175 e. The van der Waals surface area contributed by atoms with Crippen molar-refractivity contribution in [3.05, 3.63) is 45.4 Å². The molecule has 0 bridgehead atoms. The summed E-state index contributed by atoms with van der Waals surface area (Å²) >= 11 is 0. The average Bonchev–Trinajstić information content (AvgIpc) is 2.46. The monoisotopic (exact) mass is 266 g/mol. The van der Waals surface area contributed by atoms with Crippen molar-refractivity contribution in [3.8, 4) is 0 Å². The summed E-state index contributed by atoms with van der Waals surface area (Å²) in [4.78, 5) is 1.63. The molecule has 0 spiro atoms. The minimum atomic E-state index is -0.605. The summed E-state index contributed by atoms with van der Waals surface area (Å²) in [6.07, 6.45) is 4.84. The van der Waals surface area contributed by atoms with Crippen LogP contribution >= 0.6 is 19.9 Å². The number of hydrogen-bond acceptors (Lipinski definition) is 1. The highest BCUT2D eigenvalue weighted by Gasteiger charge is 2.33. The van der Waals surface area contributed by atoms with Crippen molar-refractivity contribution >= 4 is 19.9 Å². The van der Waals surface area contributed by atoms with Crippen LogP contribution in [0.2, 0.25) is 0 Å². The maximum absolute atomic E-state index is 2.42. The molecule has 1 aromatic carbocycles. The highest BCUT2D eigenvalue weighted by molar-refractivity contribution is 8.95. The van der Waals surface area contributed by atoms with Crippen LogP contribution in [-0.2, 0) is 0 Å². The van der Waals surface area contributed by atoms with E-state index < -0.39 is 9.06 Å². The standard InChI is InChI=1S/C15H22S2/c1-10-8-7-9-14(11(10)2)15-12(3)13(4)17(5,6)16-15/h7-9,15H,1-6H3. The molecule has 0 nitrogen and oxygen atoms in total. The van der Waals surface area contributed by atoms with Gasteiger partial charge in [0.25, 0.3) is 0 Å². The molecule has 0 saturated heterocycles. The van der Waals surface area contributed by atoms with Gasteiger partial charge in [0.15, 0.2) is 0 Å². The number of allylic oxidation sites excluding steroid dienone is 1.